The van der Waals surface area contributed by atoms with Crippen molar-refractivity contribution < 1.29 is 9.47 Å². The van der Waals surface area contributed by atoms with E-state index in [0.717, 1.165) is 24.6 Å². The van der Waals surface area contributed by atoms with Gasteiger partial charge in [0.05, 0.1) is 13.7 Å². The third kappa shape index (κ3) is 4.26. The lowest BCUT2D eigenvalue weighted by molar-refractivity contribution is 0.280. The fourth-order valence-corrected chi connectivity index (χ4v) is 2.28. The van der Waals surface area contributed by atoms with Crippen LogP contribution in [-0.2, 0) is 6.54 Å². The van der Waals surface area contributed by atoms with Gasteiger partial charge in [-0.3, -0.25) is 0 Å². The van der Waals surface area contributed by atoms with Crippen molar-refractivity contribution in [1.82, 2.24) is 9.88 Å². The molecular weight excluding hydrogens is 264 g/mol. The van der Waals surface area contributed by atoms with Crippen LogP contribution in [0.2, 0.25) is 0 Å². The zero-order valence-corrected chi connectivity index (χ0v) is 13.0. The van der Waals surface area contributed by atoms with Crippen molar-refractivity contribution >= 4 is 0 Å². The number of ether oxygens (including phenoxy) is 2. The fourth-order valence-electron chi connectivity index (χ4n) is 2.28. The third-order valence-corrected chi connectivity index (χ3v) is 3.46. The van der Waals surface area contributed by atoms with E-state index in [0.29, 0.717) is 12.6 Å². The first-order chi connectivity index (χ1) is 10.2. The Bertz CT molecular complexity index is 551. The van der Waals surface area contributed by atoms with Gasteiger partial charge in [0, 0.05) is 18.4 Å². The minimum Gasteiger partial charge on any atom is -0.493 e. The highest BCUT2D eigenvalue weighted by atomic mass is 16.5. The molecule has 4 nitrogen and oxygen atoms in total. The van der Waals surface area contributed by atoms with Gasteiger partial charge >= 0.3 is 0 Å². The molecule has 114 valence electrons. The van der Waals surface area contributed by atoms with E-state index in [1.165, 1.54) is 5.56 Å². The summed E-state index contributed by atoms with van der Waals surface area (Å²) in [6.45, 7) is 6.70. The second kappa shape index (κ2) is 7.74. The molecule has 1 unspecified atom stereocenters. The van der Waals surface area contributed by atoms with Gasteiger partial charge in [-0.2, -0.15) is 0 Å². The fraction of sp³-hybridized carbons (Fsp3) is 0.412. The normalized spacial score (nSPS) is 12.1. The van der Waals surface area contributed by atoms with Crippen LogP contribution in [0.5, 0.6) is 11.5 Å². The molecule has 4 heteroatoms. The summed E-state index contributed by atoms with van der Waals surface area (Å²) in [7, 11) is 1.66. The Hall–Kier alpha value is -1.94. The molecule has 0 amide bonds. The minimum atomic E-state index is 0.381. The zero-order valence-electron chi connectivity index (χ0n) is 13.0. The lowest BCUT2D eigenvalue weighted by Crippen LogP contribution is -2.17. The SMILES string of the molecule is CCNC(C)c1ccn(CCOc2ccccc2OC)c1. The van der Waals surface area contributed by atoms with Gasteiger partial charge in [-0.15, -0.1) is 0 Å². The molecule has 0 aliphatic heterocycles. The molecule has 0 saturated carbocycles. The third-order valence-electron chi connectivity index (χ3n) is 3.46. The van der Waals surface area contributed by atoms with Crippen LogP contribution >= 0.6 is 0 Å². The van der Waals surface area contributed by atoms with Crippen LogP contribution in [0.15, 0.2) is 42.7 Å². The molecule has 21 heavy (non-hydrogen) atoms. The summed E-state index contributed by atoms with van der Waals surface area (Å²) in [5.74, 6) is 1.56. The van der Waals surface area contributed by atoms with Gasteiger partial charge in [0.25, 0.3) is 0 Å². The van der Waals surface area contributed by atoms with E-state index >= 15 is 0 Å². The maximum atomic E-state index is 5.79. The highest BCUT2D eigenvalue weighted by Gasteiger charge is 2.06. The second-order valence-electron chi connectivity index (χ2n) is 4.96. The van der Waals surface area contributed by atoms with Gasteiger partial charge < -0.3 is 19.4 Å². The van der Waals surface area contributed by atoms with Gasteiger partial charge in [-0.1, -0.05) is 19.1 Å². The van der Waals surface area contributed by atoms with E-state index in [9.17, 15) is 0 Å². The molecule has 0 aliphatic rings. The molecule has 2 aromatic rings. The summed E-state index contributed by atoms with van der Waals surface area (Å²) in [6, 6.07) is 10.2. The summed E-state index contributed by atoms with van der Waals surface area (Å²) in [4.78, 5) is 0. The van der Waals surface area contributed by atoms with Crippen LogP contribution in [0.1, 0.15) is 25.5 Å². The van der Waals surface area contributed by atoms with E-state index in [1.807, 2.05) is 24.3 Å². The Morgan fingerprint density at radius 2 is 1.95 bits per heavy atom. The number of rotatable bonds is 8. The maximum Gasteiger partial charge on any atom is 0.161 e. The van der Waals surface area contributed by atoms with Crippen molar-refractivity contribution in [3.8, 4) is 11.5 Å². The number of para-hydroxylation sites is 2. The van der Waals surface area contributed by atoms with Crippen molar-refractivity contribution in [1.29, 1.82) is 0 Å². The van der Waals surface area contributed by atoms with Crippen LogP contribution in [0.4, 0.5) is 0 Å². The van der Waals surface area contributed by atoms with Crippen molar-refractivity contribution in [3.63, 3.8) is 0 Å². The van der Waals surface area contributed by atoms with E-state index < -0.39 is 0 Å². The predicted molar refractivity (Wildman–Crippen MR) is 85.0 cm³/mol. The molecule has 1 N–H and O–H groups in total. The molecule has 1 aromatic carbocycles. The topological polar surface area (TPSA) is 35.4 Å². The van der Waals surface area contributed by atoms with E-state index in [1.54, 1.807) is 7.11 Å². The number of hydrogen-bond donors (Lipinski definition) is 1. The van der Waals surface area contributed by atoms with E-state index in [2.05, 4.69) is 42.2 Å². The quantitative estimate of drug-likeness (QED) is 0.810. The molecule has 0 saturated heterocycles. The van der Waals surface area contributed by atoms with Gasteiger partial charge in [0.1, 0.15) is 6.61 Å². The van der Waals surface area contributed by atoms with Crippen molar-refractivity contribution in [2.75, 3.05) is 20.3 Å². The van der Waals surface area contributed by atoms with Crippen LogP contribution in [0.25, 0.3) is 0 Å². The highest BCUT2D eigenvalue weighted by Crippen LogP contribution is 2.25. The van der Waals surface area contributed by atoms with Crippen LogP contribution < -0.4 is 14.8 Å². The molecule has 1 heterocycles. The number of nitrogens with zero attached hydrogens (tertiary/aromatic N) is 1. The van der Waals surface area contributed by atoms with Gasteiger partial charge in [0.15, 0.2) is 11.5 Å². The molecular formula is C17H24N2O2. The van der Waals surface area contributed by atoms with Crippen LogP contribution in [-0.4, -0.2) is 24.8 Å². The maximum absolute atomic E-state index is 5.79. The first-order valence-corrected chi connectivity index (χ1v) is 7.39. The summed E-state index contributed by atoms with van der Waals surface area (Å²) in [5, 5.41) is 3.41. The number of methoxy groups -OCH3 is 1. The number of nitrogens with one attached hydrogen (secondary N) is 1. The molecule has 2 rings (SSSR count). The van der Waals surface area contributed by atoms with Crippen LogP contribution in [0, 0.1) is 0 Å². The first-order valence-electron chi connectivity index (χ1n) is 7.39. The Labute approximate surface area is 126 Å². The number of hydrogen-bond acceptors (Lipinski definition) is 3. The highest BCUT2D eigenvalue weighted by molar-refractivity contribution is 5.39. The summed E-state index contributed by atoms with van der Waals surface area (Å²) in [5.41, 5.74) is 1.30. The zero-order chi connectivity index (χ0) is 15.1. The van der Waals surface area contributed by atoms with E-state index in [4.69, 9.17) is 9.47 Å². The molecule has 0 radical (unpaired) electrons. The Kier molecular flexibility index (Phi) is 5.69. The lowest BCUT2D eigenvalue weighted by Gasteiger charge is -2.11. The van der Waals surface area contributed by atoms with Crippen LogP contribution in [0.3, 0.4) is 0 Å². The molecule has 0 spiro atoms. The Balaban J connectivity index is 1.86. The van der Waals surface area contributed by atoms with Gasteiger partial charge in [-0.25, -0.2) is 0 Å². The first kappa shape index (κ1) is 15.4. The standard InChI is InChI=1S/C17H24N2O2/c1-4-18-14(2)15-9-10-19(13-15)11-12-21-17-8-6-5-7-16(17)20-3/h5-10,13-14,18H,4,11-12H2,1-3H3. The van der Waals surface area contributed by atoms with Crippen molar-refractivity contribution in [3.05, 3.63) is 48.3 Å². The molecule has 0 bridgehead atoms. The molecule has 0 fully saturated rings. The largest absolute Gasteiger partial charge is 0.493 e. The van der Waals surface area contributed by atoms with Crippen molar-refractivity contribution in [2.24, 2.45) is 0 Å². The Morgan fingerprint density at radius 3 is 2.67 bits per heavy atom. The molecule has 0 aliphatic carbocycles. The Morgan fingerprint density at radius 1 is 1.19 bits per heavy atom. The monoisotopic (exact) mass is 288 g/mol. The molecule has 1 aromatic heterocycles. The van der Waals surface area contributed by atoms with Gasteiger partial charge in [0.2, 0.25) is 0 Å². The van der Waals surface area contributed by atoms with Gasteiger partial charge in [-0.05, 0) is 37.2 Å². The summed E-state index contributed by atoms with van der Waals surface area (Å²) < 4.78 is 13.2. The predicted octanol–water partition coefficient (Wildman–Crippen LogP) is 3.25. The lowest BCUT2D eigenvalue weighted by atomic mass is 10.2. The smallest absolute Gasteiger partial charge is 0.161 e. The number of benzene rings is 1. The summed E-state index contributed by atoms with van der Waals surface area (Å²) in [6.07, 6.45) is 4.26. The molecule has 1 atom stereocenters. The number of aromatic nitrogens is 1. The summed E-state index contributed by atoms with van der Waals surface area (Å²) >= 11 is 0. The van der Waals surface area contributed by atoms with E-state index in [-0.39, 0.29) is 0 Å². The average Bonchev–Trinajstić information content (AvgIpc) is 2.97. The van der Waals surface area contributed by atoms with Crippen molar-refractivity contribution in [2.45, 2.75) is 26.4 Å². The average molecular weight is 288 g/mol. The minimum absolute atomic E-state index is 0.381. The second-order valence-corrected chi connectivity index (χ2v) is 4.96.